The van der Waals surface area contributed by atoms with Crippen molar-refractivity contribution in [2.75, 3.05) is 14.2 Å². The van der Waals surface area contributed by atoms with E-state index in [-0.39, 0.29) is 0 Å². The molecule has 0 saturated heterocycles. The van der Waals surface area contributed by atoms with Crippen LogP contribution in [-0.4, -0.2) is 18.4 Å². The monoisotopic (exact) mass is 290 g/mol. The molecule has 2 aromatic carbocycles. The summed E-state index contributed by atoms with van der Waals surface area (Å²) >= 11 is 0. The minimum absolute atomic E-state index is 0.591. The molecule has 0 fully saturated rings. The molecule has 1 atom stereocenters. The zero-order chi connectivity index (χ0) is 14.7. The molecular formula is C16H18O3S. The molecule has 4 heteroatoms. The van der Waals surface area contributed by atoms with Crippen molar-refractivity contribution < 1.29 is 13.7 Å². The Bertz CT molecular complexity index is 633. The Balaban J connectivity index is 2.46. The van der Waals surface area contributed by atoms with Crippen LogP contribution in [0, 0.1) is 13.8 Å². The van der Waals surface area contributed by atoms with Crippen molar-refractivity contribution in [3.05, 3.63) is 47.5 Å². The Labute approximate surface area is 122 Å². The SMILES string of the molecule is COc1cc(C)c(S(=O)c2ccc(C)cc2)cc1OC. The molecule has 0 heterocycles. The summed E-state index contributed by atoms with van der Waals surface area (Å²) in [6.45, 7) is 3.93. The predicted molar refractivity (Wildman–Crippen MR) is 80.1 cm³/mol. The number of ether oxygens (including phenoxy) is 2. The van der Waals surface area contributed by atoms with Gasteiger partial charge in [-0.1, -0.05) is 17.7 Å². The Morgan fingerprint density at radius 2 is 1.45 bits per heavy atom. The summed E-state index contributed by atoms with van der Waals surface area (Å²) in [6, 6.07) is 11.3. The van der Waals surface area contributed by atoms with Crippen molar-refractivity contribution in [3.63, 3.8) is 0 Å². The van der Waals surface area contributed by atoms with Gasteiger partial charge >= 0.3 is 0 Å². The van der Waals surface area contributed by atoms with Crippen LogP contribution in [0.3, 0.4) is 0 Å². The van der Waals surface area contributed by atoms with Gasteiger partial charge in [0.2, 0.25) is 0 Å². The van der Waals surface area contributed by atoms with Crippen LogP contribution in [0.15, 0.2) is 46.2 Å². The summed E-state index contributed by atoms with van der Waals surface area (Å²) in [6.07, 6.45) is 0. The number of rotatable bonds is 4. The summed E-state index contributed by atoms with van der Waals surface area (Å²) in [5, 5.41) is 0. The van der Waals surface area contributed by atoms with E-state index in [1.165, 1.54) is 0 Å². The van der Waals surface area contributed by atoms with Crippen molar-refractivity contribution in [2.24, 2.45) is 0 Å². The van der Waals surface area contributed by atoms with Crippen molar-refractivity contribution in [2.45, 2.75) is 23.6 Å². The van der Waals surface area contributed by atoms with Crippen LogP contribution in [0.4, 0.5) is 0 Å². The van der Waals surface area contributed by atoms with Gasteiger partial charge in [-0.2, -0.15) is 0 Å². The average molecular weight is 290 g/mol. The van der Waals surface area contributed by atoms with Gasteiger partial charge in [0.15, 0.2) is 11.5 Å². The maximum absolute atomic E-state index is 12.7. The van der Waals surface area contributed by atoms with Crippen molar-refractivity contribution in [3.8, 4) is 11.5 Å². The highest BCUT2D eigenvalue weighted by atomic mass is 32.2. The minimum atomic E-state index is -1.22. The smallest absolute Gasteiger partial charge is 0.161 e. The third kappa shape index (κ3) is 2.85. The van der Waals surface area contributed by atoms with Crippen LogP contribution >= 0.6 is 0 Å². The van der Waals surface area contributed by atoms with Crippen LogP contribution < -0.4 is 9.47 Å². The second kappa shape index (κ2) is 6.09. The average Bonchev–Trinajstić information content (AvgIpc) is 2.47. The summed E-state index contributed by atoms with van der Waals surface area (Å²) < 4.78 is 23.2. The Morgan fingerprint density at radius 1 is 0.900 bits per heavy atom. The minimum Gasteiger partial charge on any atom is -0.493 e. The quantitative estimate of drug-likeness (QED) is 0.864. The van der Waals surface area contributed by atoms with Crippen LogP contribution in [0.1, 0.15) is 11.1 Å². The van der Waals surface area contributed by atoms with Gasteiger partial charge in [0.05, 0.1) is 29.9 Å². The number of aryl methyl sites for hydroxylation is 2. The van der Waals surface area contributed by atoms with E-state index in [1.54, 1.807) is 20.3 Å². The molecule has 0 saturated carbocycles. The fraction of sp³-hybridized carbons (Fsp3) is 0.250. The first-order valence-corrected chi connectivity index (χ1v) is 7.43. The molecule has 106 valence electrons. The fourth-order valence-electron chi connectivity index (χ4n) is 1.95. The van der Waals surface area contributed by atoms with Gasteiger partial charge in [-0.05, 0) is 37.6 Å². The molecule has 0 amide bonds. The molecule has 0 aliphatic rings. The number of hydrogen-bond acceptors (Lipinski definition) is 3. The standard InChI is InChI=1S/C16H18O3S/c1-11-5-7-13(8-6-11)20(17)16-10-15(19-4)14(18-3)9-12(16)2/h5-10H,1-4H3. The molecule has 3 nitrogen and oxygen atoms in total. The van der Waals surface area contributed by atoms with Gasteiger partial charge in [0, 0.05) is 11.0 Å². The first-order valence-electron chi connectivity index (χ1n) is 6.28. The van der Waals surface area contributed by atoms with Gasteiger partial charge in [-0.25, -0.2) is 4.21 Å². The molecule has 0 aliphatic carbocycles. The lowest BCUT2D eigenvalue weighted by Crippen LogP contribution is -1.99. The molecule has 0 aliphatic heterocycles. The van der Waals surface area contributed by atoms with Gasteiger partial charge in [-0.15, -0.1) is 0 Å². The summed E-state index contributed by atoms with van der Waals surface area (Å²) in [5.41, 5.74) is 2.07. The summed E-state index contributed by atoms with van der Waals surface area (Å²) in [4.78, 5) is 1.53. The molecule has 0 N–H and O–H groups in total. The third-order valence-corrected chi connectivity index (χ3v) is 4.66. The highest BCUT2D eigenvalue weighted by Gasteiger charge is 2.14. The molecule has 0 bridgehead atoms. The number of methoxy groups -OCH3 is 2. The van der Waals surface area contributed by atoms with Crippen LogP contribution in [-0.2, 0) is 10.8 Å². The lowest BCUT2D eigenvalue weighted by Gasteiger charge is -2.12. The largest absolute Gasteiger partial charge is 0.493 e. The number of hydrogen-bond donors (Lipinski definition) is 0. The van der Waals surface area contributed by atoms with Crippen molar-refractivity contribution in [1.82, 2.24) is 0 Å². The van der Waals surface area contributed by atoms with Crippen LogP contribution in [0.25, 0.3) is 0 Å². The van der Waals surface area contributed by atoms with E-state index in [1.807, 2.05) is 44.2 Å². The zero-order valence-electron chi connectivity index (χ0n) is 12.1. The summed E-state index contributed by atoms with van der Waals surface area (Å²) in [5.74, 6) is 1.24. The predicted octanol–water partition coefficient (Wildman–Crippen LogP) is 3.49. The van der Waals surface area contributed by atoms with Gasteiger partial charge in [-0.3, -0.25) is 0 Å². The highest BCUT2D eigenvalue weighted by Crippen LogP contribution is 2.33. The third-order valence-electron chi connectivity index (χ3n) is 3.12. The molecule has 0 spiro atoms. The topological polar surface area (TPSA) is 35.5 Å². The summed E-state index contributed by atoms with van der Waals surface area (Å²) in [7, 11) is 1.94. The molecule has 0 aromatic heterocycles. The fourth-order valence-corrected chi connectivity index (χ4v) is 3.15. The van der Waals surface area contributed by atoms with Crippen molar-refractivity contribution >= 4 is 10.8 Å². The number of benzene rings is 2. The lowest BCUT2D eigenvalue weighted by atomic mass is 10.2. The maximum atomic E-state index is 12.7. The van der Waals surface area contributed by atoms with E-state index < -0.39 is 10.8 Å². The van der Waals surface area contributed by atoms with Crippen molar-refractivity contribution in [1.29, 1.82) is 0 Å². The van der Waals surface area contributed by atoms with Gasteiger partial charge in [0.25, 0.3) is 0 Å². The second-order valence-corrected chi connectivity index (χ2v) is 6.00. The first-order chi connectivity index (χ1) is 9.56. The molecule has 20 heavy (non-hydrogen) atoms. The molecule has 0 radical (unpaired) electrons. The molecule has 2 aromatic rings. The zero-order valence-corrected chi connectivity index (χ0v) is 12.9. The first kappa shape index (κ1) is 14.6. The van der Waals surface area contributed by atoms with Crippen LogP contribution in [0.2, 0.25) is 0 Å². The molecular weight excluding hydrogens is 272 g/mol. The maximum Gasteiger partial charge on any atom is 0.161 e. The molecule has 1 unspecified atom stereocenters. The second-order valence-electron chi connectivity index (χ2n) is 4.55. The van der Waals surface area contributed by atoms with Crippen LogP contribution in [0.5, 0.6) is 11.5 Å². The van der Waals surface area contributed by atoms with E-state index in [0.717, 1.165) is 20.9 Å². The molecule has 2 rings (SSSR count). The van der Waals surface area contributed by atoms with E-state index in [4.69, 9.17) is 9.47 Å². The van der Waals surface area contributed by atoms with E-state index in [9.17, 15) is 4.21 Å². The van der Waals surface area contributed by atoms with E-state index >= 15 is 0 Å². The van der Waals surface area contributed by atoms with Gasteiger partial charge in [0.1, 0.15) is 0 Å². The Morgan fingerprint density at radius 3 is 2.00 bits per heavy atom. The highest BCUT2D eigenvalue weighted by molar-refractivity contribution is 7.85. The normalized spacial score (nSPS) is 12.0. The Kier molecular flexibility index (Phi) is 4.45. The van der Waals surface area contributed by atoms with E-state index in [2.05, 4.69) is 0 Å². The Hall–Kier alpha value is -1.81. The van der Waals surface area contributed by atoms with E-state index in [0.29, 0.717) is 11.5 Å². The van der Waals surface area contributed by atoms with Gasteiger partial charge < -0.3 is 9.47 Å². The lowest BCUT2D eigenvalue weighted by molar-refractivity contribution is 0.353.